The monoisotopic (exact) mass is 348 g/mol. The second-order valence-electron chi connectivity index (χ2n) is 6.84. The lowest BCUT2D eigenvalue weighted by atomic mass is 10.0. The van der Waals surface area contributed by atoms with E-state index in [0.717, 1.165) is 33.9 Å². The van der Waals surface area contributed by atoms with Gasteiger partial charge in [-0.15, -0.1) is 0 Å². The Morgan fingerprint density at radius 2 is 1.69 bits per heavy atom. The van der Waals surface area contributed by atoms with Crippen LogP contribution in [0.3, 0.4) is 0 Å². The quantitative estimate of drug-likeness (QED) is 0.737. The van der Waals surface area contributed by atoms with Gasteiger partial charge in [0, 0.05) is 35.1 Å². The van der Waals surface area contributed by atoms with Crippen LogP contribution >= 0.6 is 0 Å². The Balaban J connectivity index is 1.66. The molecule has 3 rings (SSSR count). The predicted molar refractivity (Wildman–Crippen MR) is 103 cm³/mol. The van der Waals surface area contributed by atoms with Crippen molar-refractivity contribution in [1.82, 2.24) is 20.5 Å². The van der Waals surface area contributed by atoms with Crippen molar-refractivity contribution in [3.63, 3.8) is 0 Å². The molecular formula is C21H24N4O. The van der Waals surface area contributed by atoms with Crippen molar-refractivity contribution >= 4 is 5.91 Å². The summed E-state index contributed by atoms with van der Waals surface area (Å²) < 4.78 is 0. The summed E-state index contributed by atoms with van der Waals surface area (Å²) in [5, 5.41) is 10.2. The number of aryl methyl sites for hydroxylation is 3. The van der Waals surface area contributed by atoms with Crippen molar-refractivity contribution in [3.8, 4) is 11.1 Å². The number of aromatic amines is 1. The van der Waals surface area contributed by atoms with Gasteiger partial charge in [-0.25, -0.2) is 0 Å². The van der Waals surface area contributed by atoms with E-state index in [1.807, 2.05) is 58.0 Å². The number of H-pyrrole nitrogens is 1. The van der Waals surface area contributed by atoms with E-state index in [-0.39, 0.29) is 11.9 Å². The molecule has 0 fully saturated rings. The zero-order valence-electron chi connectivity index (χ0n) is 15.6. The van der Waals surface area contributed by atoms with Crippen LogP contribution in [0.15, 0.2) is 42.5 Å². The summed E-state index contributed by atoms with van der Waals surface area (Å²) in [5.74, 6) is -0.0709. The number of nitrogens with one attached hydrogen (secondary N) is 2. The fourth-order valence-electron chi connectivity index (χ4n) is 3.07. The van der Waals surface area contributed by atoms with E-state index >= 15 is 0 Å². The zero-order chi connectivity index (χ0) is 18.7. The maximum atomic E-state index is 12.5. The molecule has 26 heavy (non-hydrogen) atoms. The molecule has 2 heterocycles. The third kappa shape index (κ3) is 4.36. The number of carbonyl (C=O) groups is 1. The summed E-state index contributed by atoms with van der Waals surface area (Å²) in [6, 6.07) is 13.8. The molecule has 0 aliphatic heterocycles. The van der Waals surface area contributed by atoms with E-state index in [9.17, 15) is 4.79 Å². The number of rotatable bonds is 5. The number of pyridine rings is 1. The van der Waals surface area contributed by atoms with Crippen LogP contribution in [0.1, 0.15) is 40.1 Å². The van der Waals surface area contributed by atoms with E-state index in [1.54, 1.807) is 0 Å². The van der Waals surface area contributed by atoms with Crippen LogP contribution in [-0.2, 0) is 6.42 Å². The molecule has 1 aromatic carbocycles. The van der Waals surface area contributed by atoms with Crippen molar-refractivity contribution in [1.29, 1.82) is 0 Å². The molecule has 2 N–H and O–H groups in total. The zero-order valence-corrected chi connectivity index (χ0v) is 15.6. The van der Waals surface area contributed by atoms with Crippen LogP contribution in [0, 0.1) is 20.8 Å². The lowest BCUT2D eigenvalue weighted by molar-refractivity contribution is 0.0940. The van der Waals surface area contributed by atoms with Gasteiger partial charge < -0.3 is 5.32 Å². The van der Waals surface area contributed by atoms with Gasteiger partial charge in [0.25, 0.3) is 5.91 Å². The SMILES string of the molecule is Cc1cc(-c2ccc(C(=O)N[C@H](C)Cc3cc(C)[nH]n3)cc2)cc(C)n1. The second-order valence-corrected chi connectivity index (χ2v) is 6.84. The summed E-state index contributed by atoms with van der Waals surface area (Å²) in [6.45, 7) is 7.92. The van der Waals surface area contributed by atoms with Crippen molar-refractivity contribution in [2.45, 2.75) is 40.2 Å². The molecule has 5 heteroatoms. The molecule has 0 saturated heterocycles. The smallest absolute Gasteiger partial charge is 0.251 e. The third-order valence-corrected chi connectivity index (χ3v) is 4.21. The summed E-state index contributed by atoms with van der Waals surface area (Å²) in [6.07, 6.45) is 0.698. The van der Waals surface area contributed by atoms with E-state index < -0.39 is 0 Å². The average molecular weight is 348 g/mol. The van der Waals surface area contributed by atoms with Gasteiger partial charge in [-0.05, 0) is 69.2 Å². The molecule has 0 aliphatic rings. The minimum Gasteiger partial charge on any atom is -0.349 e. The summed E-state index contributed by atoms with van der Waals surface area (Å²) in [5.41, 5.74) is 6.80. The van der Waals surface area contributed by atoms with Crippen LogP contribution in [0.2, 0.25) is 0 Å². The number of aromatic nitrogens is 3. The van der Waals surface area contributed by atoms with Crippen LogP contribution in [0.25, 0.3) is 11.1 Å². The molecule has 1 atom stereocenters. The highest BCUT2D eigenvalue weighted by molar-refractivity contribution is 5.94. The summed E-state index contributed by atoms with van der Waals surface area (Å²) >= 11 is 0. The van der Waals surface area contributed by atoms with Gasteiger partial charge >= 0.3 is 0 Å². The number of hydrogen-bond acceptors (Lipinski definition) is 3. The molecule has 5 nitrogen and oxygen atoms in total. The van der Waals surface area contributed by atoms with Gasteiger partial charge in [-0.2, -0.15) is 5.10 Å². The first-order valence-corrected chi connectivity index (χ1v) is 8.78. The largest absolute Gasteiger partial charge is 0.349 e. The Morgan fingerprint density at radius 1 is 1.04 bits per heavy atom. The van der Waals surface area contributed by atoms with Gasteiger partial charge in [-0.1, -0.05) is 12.1 Å². The first-order valence-electron chi connectivity index (χ1n) is 8.78. The molecule has 134 valence electrons. The van der Waals surface area contributed by atoms with E-state index in [1.165, 1.54) is 0 Å². The van der Waals surface area contributed by atoms with Crippen molar-refractivity contribution < 1.29 is 4.79 Å². The number of amides is 1. The standard InChI is InChI=1S/C21H24N4O/c1-13-9-19(10-14(2)22-13)17-5-7-18(8-6-17)21(26)23-15(3)11-20-12-16(4)24-25-20/h5-10,12,15H,11H2,1-4H3,(H,23,26)(H,24,25)/t15-/m1/s1. The highest BCUT2D eigenvalue weighted by Crippen LogP contribution is 2.21. The molecule has 2 aromatic heterocycles. The lowest BCUT2D eigenvalue weighted by Crippen LogP contribution is -2.34. The molecule has 3 aromatic rings. The third-order valence-electron chi connectivity index (χ3n) is 4.21. The minimum absolute atomic E-state index is 0.00961. The fourth-order valence-corrected chi connectivity index (χ4v) is 3.07. The molecule has 0 saturated carbocycles. The average Bonchev–Trinajstić information content (AvgIpc) is 2.98. The molecular weight excluding hydrogens is 324 g/mol. The molecule has 0 spiro atoms. The van der Waals surface area contributed by atoms with Crippen molar-refractivity contribution in [2.75, 3.05) is 0 Å². The first-order chi connectivity index (χ1) is 12.4. The summed E-state index contributed by atoms with van der Waals surface area (Å²) in [4.78, 5) is 16.9. The Kier molecular flexibility index (Phi) is 5.16. The predicted octanol–water partition coefficient (Wildman–Crippen LogP) is 3.76. The maximum Gasteiger partial charge on any atom is 0.251 e. The number of nitrogens with zero attached hydrogens (tertiary/aromatic N) is 2. The Labute approximate surface area is 153 Å². The number of hydrogen-bond donors (Lipinski definition) is 2. The van der Waals surface area contributed by atoms with E-state index in [2.05, 4.69) is 32.6 Å². The Bertz CT molecular complexity index is 892. The highest BCUT2D eigenvalue weighted by atomic mass is 16.1. The second kappa shape index (κ2) is 7.52. The molecule has 0 radical (unpaired) electrons. The molecule has 0 unspecified atom stereocenters. The van der Waals surface area contributed by atoms with Gasteiger partial charge in [-0.3, -0.25) is 14.9 Å². The van der Waals surface area contributed by atoms with Crippen LogP contribution in [0.4, 0.5) is 0 Å². The molecule has 0 bridgehead atoms. The van der Waals surface area contributed by atoms with E-state index in [4.69, 9.17) is 0 Å². The van der Waals surface area contributed by atoms with Gasteiger partial charge in [0.1, 0.15) is 0 Å². The summed E-state index contributed by atoms with van der Waals surface area (Å²) in [7, 11) is 0. The van der Waals surface area contributed by atoms with Crippen LogP contribution in [0.5, 0.6) is 0 Å². The lowest BCUT2D eigenvalue weighted by Gasteiger charge is -2.13. The molecule has 1 amide bonds. The number of carbonyl (C=O) groups excluding carboxylic acids is 1. The van der Waals surface area contributed by atoms with Crippen molar-refractivity contribution in [2.24, 2.45) is 0 Å². The molecule has 0 aliphatic carbocycles. The Morgan fingerprint density at radius 3 is 2.27 bits per heavy atom. The maximum absolute atomic E-state index is 12.5. The Hall–Kier alpha value is -2.95. The highest BCUT2D eigenvalue weighted by Gasteiger charge is 2.12. The number of benzene rings is 1. The fraction of sp³-hybridized carbons (Fsp3) is 0.286. The minimum atomic E-state index is -0.0709. The van der Waals surface area contributed by atoms with Gasteiger partial charge in [0.15, 0.2) is 0 Å². The topological polar surface area (TPSA) is 70.7 Å². The van der Waals surface area contributed by atoms with Gasteiger partial charge in [0.05, 0.1) is 5.69 Å². The van der Waals surface area contributed by atoms with Gasteiger partial charge in [0.2, 0.25) is 0 Å². The van der Waals surface area contributed by atoms with Crippen LogP contribution in [-0.4, -0.2) is 27.1 Å². The van der Waals surface area contributed by atoms with Crippen molar-refractivity contribution in [3.05, 3.63) is 70.8 Å². The van der Waals surface area contributed by atoms with Crippen LogP contribution < -0.4 is 5.32 Å². The normalized spacial score (nSPS) is 12.0. The van der Waals surface area contributed by atoms with E-state index in [0.29, 0.717) is 12.0 Å². The first kappa shape index (κ1) is 17.9.